The van der Waals surface area contributed by atoms with E-state index in [1.807, 2.05) is 0 Å². The third-order valence-corrected chi connectivity index (χ3v) is 3.13. The number of nitrogens with zero attached hydrogens (tertiary/aromatic N) is 1. The molecule has 6 nitrogen and oxygen atoms in total. The van der Waals surface area contributed by atoms with Crippen LogP contribution in [-0.2, 0) is 0 Å². The molecule has 0 fully saturated rings. The lowest BCUT2D eigenvalue weighted by Gasteiger charge is -2.09. The highest BCUT2D eigenvalue weighted by atomic mass is 35.5. The van der Waals surface area contributed by atoms with Crippen molar-refractivity contribution in [2.24, 2.45) is 0 Å². The normalized spacial score (nSPS) is 10.2. The summed E-state index contributed by atoms with van der Waals surface area (Å²) in [7, 11) is 0. The fourth-order valence-electron chi connectivity index (χ4n) is 1.90. The predicted molar refractivity (Wildman–Crippen MR) is 79.5 cm³/mol. The molecule has 0 saturated heterocycles. The van der Waals surface area contributed by atoms with Gasteiger partial charge in [0.1, 0.15) is 5.69 Å². The lowest BCUT2D eigenvalue weighted by Crippen LogP contribution is -2.01. The summed E-state index contributed by atoms with van der Waals surface area (Å²) >= 11 is 5.75. The van der Waals surface area contributed by atoms with Gasteiger partial charge in [-0.15, -0.1) is 0 Å². The van der Waals surface area contributed by atoms with Crippen molar-refractivity contribution in [2.75, 3.05) is 5.32 Å². The van der Waals surface area contributed by atoms with Crippen molar-refractivity contribution in [1.29, 1.82) is 0 Å². The van der Waals surface area contributed by atoms with Crippen molar-refractivity contribution in [2.45, 2.75) is 6.92 Å². The maximum absolute atomic E-state index is 11.0. The molecule has 0 aromatic heterocycles. The van der Waals surface area contributed by atoms with E-state index >= 15 is 0 Å². The van der Waals surface area contributed by atoms with Gasteiger partial charge in [0.05, 0.1) is 10.5 Å². The van der Waals surface area contributed by atoms with E-state index < -0.39 is 10.9 Å². The van der Waals surface area contributed by atoms with E-state index in [-0.39, 0.29) is 22.0 Å². The third-order valence-electron chi connectivity index (χ3n) is 2.89. The molecule has 0 aliphatic heterocycles. The highest BCUT2D eigenvalue weighted by Crippen LogP contribution is 2.30. The number of carbonyl (C=O) groups is 1. The van der Waals surface area contributed by atoms with Crippen LogP contribution in [0.25, 0.3) is 0 Å². The number of benzene rings is 2. The van der Waals surface area contributed by atoms with Gasteiger partial charge in [-0.1, -0.05) is 11.6 Å². The third kappa shape index (κ3) is 3.29. The average molecular weight is 307 g/mol. The van der Waals surface area contributed by atoms with Crippen molar-refractivity contribution < 1.29 is 14.8 Å². The number of nitro groups is 1. The average Bonchev–Trinajstić information content (AvgIpc) is 2.40. The molecule has 0 unspecified atom stereocenters. The van der Waals surface area contributed by atoms with Gasteiger partial charge in [-0.3, -0.25) is 10.1 Å². The summed E-state index contributed by atoms with van der Waals surface area (Å²) in [5.41, 5.74) is 1.44. The number of nitrogens with one attached hydrogen (secondary N) is 1. The summed E-state index contributed by atoms with van der Waals surface area (Å²) in [6, 6.07) is 8.90. The SMILES string of the molecule is Cc1cc(Nc2ccc(Cl)cc2[N+](=O)[O-])ccc1C(=O)O. The van der Waals surface area contributed by atoms with Gasteiger partial charge in [-0.25, -0.2) is 4.79 Å². The van der Waals surface area contributed by atoms with Crippen LogP contribution in [0.3, 0.4) is 0 Å². The van der Waals surface area contributed by atoms with Crippen molar-refractivity contribution in [3.05, 3.63) is 62.7 Å². The van der Waals surface area contributed by atoms with Crippen LogP contribution in [0, 0.1) is 17.0 Å². The minimum absolute atomic E-state index is 0.150. The standard InChI is InChI=1S/C14H11ClN2O4/c1-8-6-10(3-4-11(8)14(18)19)16-12-5-2-9(15)7-13(12)17(20)21/h2-7,16H,1H3,(H,18,19). The van der Waals surface area contributed by atoms with Crippen LogP contribution in [0.4, 0.5) is 17.1 Å². The maximum atomic E-state index is 11.0. The van der Waals surface area contributed by atoms with E-state index in [1.165, 1.54) is 24.3 Å². The van der Waals surface area contributed by atoms with Crippen molar-refractivity contribution in [3.63, 3.8) is 0 Å². The lowest BCUT2D eigenvalue weighted by molar-refractivity contribution is -0.383. The molecule has 0 heterocycles. The maximum Gasteiger partial charge on any atom is 0.335 e. The topological polar surface area (TPSA) is 92.5 Å². The molecular formula is C14H11ClN2O4. The molecule has 2 N–H and O–H groups in total. The Morgan fingerprint density at radius 3 is 2.57 bits per heavy atom. The first-order valence-corrected chi connectivity index (χ1v) is 6.31. The van der Waals surface area contributed by atoms with Crippen molar-refractivity contribution >= 4 is 34.6 Å². The van der Waals surface area contributed by atoms with E-state index in [2.05, 4.69) is 5.32 Å². The summed E-state index contributed by atoms with van der Waals surface area (Å²) in [6.45, 7) is 1.66. The first kappa shape index (κ1) is 14.8. The highest BCUT2D eigenvalue weighted by molar-refractivity contribution is 6.30. The monoisotopic (exact) mass is 306 g/mol. The summed E-state index contributed by atoms with van der Waals surface area (Å²) in [5.74, 6) is -1.02. The Morgan fingerprint density at radius 2 is 2.00 bits per heavy atom. The molecule has 2 rings (SSSR count). The van der Waals surface area contributed by atoms with Crippen molar-refractivity contribution in [1.82, 2.24) is 0 Å². The summed E-state index contributed by atoms with van der Waals surface area (Å²) in [4.78, 5) is 21.4. The minimum Gasteiger partial charge on any atom is -0.478 e. The van der Waals surface area contributed by atoms with Gasteiger partial charge in [0, 0.05) is 16.8 Å². The number of aryl methyl sites for hydroxylation is 1. The zero-order chi connectivity index (χ0) is 15.6. The van der Waals surface area contributed by atoms with E-state index in [9.17, 15) is 14.9 Å². The number of hydrogen-bond donors (Lipinski definition) is 2. The number of carboxylic acid groups (broad SMARTS) is 1. The second kappa shape index (κ2) is 5.80. The lowest BCUT2D eigenvalue weighted by atomic mass is 10.1. The molecule has 0 aliphatic carbocycles. The van der Waals surface area contributed by atoms with Crippen molar-refractivity contribution in [3.8, 4) is 0 Å². The Bertz CT molecular complexity index is 731. The number of aromatic carboxylic acids is 1. The molecule has 2 aromatic carbocycles. The molecule has 0 aliphatic rings. The molecule has 21 heavy (non-hydrogen) atoms. The molecule has 7 heteroatoms. The number of nitro benzene ring substituents is 1. The zero-order valence-corrected chi connectivity index (χ0v) is 11.7. The van der Waals surface area contributed by atoms with E-state index in [1.54, 1.807) is 19.1 Å². The zero-order valence-electron chi connectivity index (χ0n) is 11.0. The Kier molecular flexibility index (Phi) is 4.09. The quantitative estimate of drug-likeness (QED) is 0.658. The second-order valence-corrected chi connectivity index (χ2v) is 4.81. The van der Waals surface area contributed by atoms with Gasteiger partial charge in [0.15, 0.2) is 0 Å². The molecule has 0 saturated carbocycles. The van der Waals surface area contributed by atoms with Gasteiger partial charge in [0.25, 0.3) is 5.69 Å². The van der Waals surface area contributed by atoms with Gasteiger partial charge in [0.2, 0.25) is 0 Å². The van der Waals surface area contributed by atoms with Crippen LogP contribution >= 0.6 is 11.6 Å². The Labute approximate surface area is 125 Å². The molecule has 0 bridgehead atoms. The number of halogens is 1. The van der Waals surface area contributed by atoms with Crippen LogP contribution in [-0.4, -0.2) is 16.0 Å². The Hall–Kier alpha value is -2.60. The van der Waals surface area contributed by atoms with Gasteiger partial charge >= 0.3 is 5.97 Å². The van der Waals surface area contributed by atoms with Gasteiger partial charge < -0.3 is 10.4 Å². The summed E-state index contributed by atoms with van der Waals surface area (Å²) < 4.78 is 0. The largest absolute Gasteiger partial charge is 0.478 e. The van der Waals surface area contributed by atoms with Crippen LogP contribution in [0.1, 0.15) is 15.9 Å². The molecule has 2 aromatic rings. The minimum atomic E-state index is -1.02. The Balaban J connectivity index is 2.37. The molecule has 0 amide bonds. The smallest absolute Gasteiger partial charge is 0.335 e. The second-order valence-electron chi connectivity index (χ2n) is 4.38. The van der Waals surface area contributed by atoms with Crippen LogP contribution in [0.5, 0.6) is 0 Å². The highest BCUT2D eigenvalue weighted by Gasteiger charge is 2.15. The van der Waals surface area contributed by atoms with Crippen LogP contribution in [0.2, 0.25) is 5.02 Å². The van der Waals surface area contributed by atoms with Gasteiger partial charge in [-0.2, -0.15) is 0 Å². The molecule has 0 spiro atoms. The first-order chi connectivity index (χ1) is 9.88. The number of carboxylic acids is 1. The summed E-state index contributed by atoms with van der Waals surface area (Å²) in [6.07, 6.45) is 0. The molecular weight excluding hydrogens is 296 g/mol. The fourth-order valence-corrected chi connectivity index (χ4v) is 2.06. The van der Waals surface area contributed by atoms with Crippen LogP contribution < -0.4 is 5.32 Å². The fraction of sp³-hybridized carbons (Fsp3) is 0.0714. The van der Waals surface area contributed by atoms with Crippen LogP contribution in [0.15, 0.2) is 36.4 Å². The van der Waals surface area contributed by atoms with Gasteiger partial charge in [-0.05, 0) is 42.8 Å². The van der Waals surface area contributed by atoms with E-state index in [0.29, 0.717) is 11.3 Å². The predicted octanol–water partition coefficient (Wildman–Crippen LogP) is 4.00. The first-order valence-electron chi connectivity index (χ1n) is 5.93. The number of hydrogen-bond acceptors (Lipinski definition) is 4. The van der Waals surface area contributed by atoms with E-state index in [0.717, 1.165) is 0 Å². The molecule has 0 atom stereocenters. The number of rotatable bonds is 4. The number of anilines is 2. The summed E-state index contributed by atoms with van der Waals surface area (Å²) in [5, 5.41) is 23.1. The Morgan fingerprint density at radius 1 is 1.29 bits per heavy atom. The van der Waals surface area contributed by atoms with E-state index in [4.69, 9.17) is 16.7 Å². The molecule has 108 valence electrons. The molecule has 0 radical (unpaired) electrons.